The van der Waals surface area contributed by atoms with Gasteiger partial charge < -0.3 is 15.5 Å². The summed E-state index contributed by atoms with van der Waals surface area (Å²) >= 11 is 1.43. The topological polar surface area (TPSA) is 81.1 Å². The van der Waals surface area contributed by atoms with Crippen LogP contribution in [0.25, 0.3) is 0 Å². The molecule has 0 bridgehead atoms. The second kappa shape index (κ2) is 9.01. The molecule has 4 rings (SSSR count). The van der Waals surface area contributed by atoms with Gasteiger partial charge in [0.1, 0.15) is 11.0 Å². The average Bonchev–Trinajstić information content (AvgIpc) is 3.18. The molecule has 2 atom stereocenters. The van der Waals surface area contributed by atoms with Gasteiger partial charge in [-0.3, -0.25) is 4.79 Å². The van der Waals surface area contributed by atoms with Crippen LogP contribution in [0.1, 0.15) is 42.4 Å². The number of aryl methyl sites for hydroxylation is 3. The van der Waals surface area contributed by atoms with Gasteiger partial charge in [-0.25, -0.2) is 4.68 Å². The van der Waals surface area contributed by atoms with Crippen LogP contribution < -0.4 is 15.5 Å². The molecule has 162 valence electrons. The molecule has 0 saturated carbocycles. The largest absolute Gasteiger partial charge is 0.494 e. The van der Waals surface area contributed by atoms with E-state index < -0.39 is 5.25 Å². The summed E-state index contributed by atoms with van der Waals surface area (Å²) in [5, 5.41) is 11.9. The molecule has 1 aliphatic rings. The van der Waals surface area contributed by atoms with Crippen LogP contribution in [-0.2, 0) is 11.2 Å². The maximum absolute atomic E-state index is 13.4. The summed E-state index contributed by atoms with van der Waals surface area (Å²) in [6, 6.07) is 13.7. The summed E-state index contributed by atoms with van der Waals surface area (Å²) in [5.74, 6) is 1.58. The van der Waals surface area contributed by atoms with Crippen molar-refractivity contribution in [2.24, 2.45) is 0 Å². The third kappa shape index (κ3) is 4.39. The van der Waals surface area contributed by atoms with E-state index >= 15 is 0 Å². The van der Waals surface area contributed by atoms with Gasteiger partial charge >= 0.3 is 0 Å². The number of anilines is 1. The monoisotopic (exact) mass is 437 g/mol. The lowest BCUT2D eigenvalue weighted by Crippen LogP contribution is -2.41. The molecule has 2 aromatic carbocycles. The molecule has 3 aromatic rings. The Morgan fingerprint density at radius 3 is 2.65 bits per heavy atom. The van der Waals surface area contributed by atoms with E-state index in [0.717, 1.165) is 40.4 Å². The van der Waals surface area contributed by atoms with Crippen molar-refractivity contribution in [1.29, 1.82) is 0 Å². The van der Waals surface area contributed by atoms with Crippen LogP contribution in [-0.4, -0.2) is 32.6 Å². The van der Waals surface area contributed by atoms with Crippen molar-refractivity contribution in [3.8, 4) is 5.75 Å². The van der Waals surface area contributed by atoms with Gasteiger partial charge in [0.05, 0.1) is 12.6 Å². The van der Waals surface area contributed by atoms with Crippen LogP contribution in [0, 0.1) is 13.8 Å². The number of carbonyl (C=O) groups is 1. The highest BCUT2D eigenvalue weighted by Crippen LogP contribution is 2.38. The number of thioether (sulfide) groups is 1. The molecular formula is C23H27N5O2S. The van der Waals surface area contributed by atoms with Gasteiger partial charge in [0.2, 0.25) is 11.1 Å². The number of carbonyl (C=O) groups excluding carboxylic acids is 1. The first-order valence-electron chi connectivity index (χ1n) is 10.5. The fourth-order valence-electron chi connectivity index (χ4n) is 3.59. The molecule has 1 aromatic heterocycles. The van der Waals surface area contributed by atoms with Crippen molar-refractivity contribution in [3.63, 3.8) is 0 Å². The minimum Gasteiger partial charge on any atom is -0.494 e. The van der Waals surface area contributed by atoms with E-state index in [-0.39, 0.29) is 11.9 Å². The molecule has 1 amide bonds. The van der Waals surface area contributed by atoms with Crippen LogP contribution in [0.4, 0.5) is 5.69 Å². The normalized spacial score (nSPS) is 17.5. The third-order valence-electron chi connectivity index (χ3n) is 5.28. The van der Waals surface area contributed by atoms with E-state index in [1.165, 1.54) is 11.8 Å². The summed E-state index contributed by atoms with van der Waals surface area (Å²) in [5.41, 5.74) is 7.44. The molecule has 0 spiro atoms. The molecule has 0 fully saturated rings. The standard InChI is InChI=1S/C23H27N5O2S/c1-5-19-25-26-23-28(19)27-20(16-9-11-17(12-10-16)30-6-2)21(31-23)22(29)24-18-13-14(3)7-8-15(18)4/h7-13,20-21,27H,5-6H2,1-4H3,(H,24,29). The number of nitrogens with zero attached hydrogens (tertiary/aromatic N) is 3. The number of fused-ring (bicyclic) bond motifs is 1. The van der Waals surface area contributed by atoms with Crippen molar-refractivity contribution in [2.45, 2.75) is 50.6 Å². The minimum atomic E-state index is -0.417. The highest BCUT2D eigenvalue weighted by Gasteiger charge is 2.37. The Kier molecular flexibility index (Phi) is 6.18. The van der Waals surface area contributed by atoms with Crippen LogP contribution in [0.2, 0.25) is 0 Å². The predicted molar refractivity (Wildman–Crippen MR) is 123 cm³/mol. The molecular weight excluding hydrogens is 410 g/mol. The zero-order chi connectivity index (χ0) is 22.0. The van der Waals surface area contributed by atoms with Crippen LogP contribution in [0.5, 0.6) is 5.75 Å². The van der Waals surface area contributed by atoms with E-state index in [2.05, 4.69) is 20.9 Å². The summed E-state index contributed by atoms with van der Waals surface area (Å²) < 4.78 is 7.47. The van der Waals surface area contributed by atoms with Gasteiger partial charge in [-0.1, -0.05) is 43.0 Å². The Labute approximate surface area is 186 Å². The summed E-state index contributed by atoms with van der Waals surface area (Å²) in [6.45, 7) is 8.62. The predicted octanol–water partition coefficient (Wildman–Crippen LogP) is 4.25. The summed E-state index contributed by atoms with van der Waals surface area (Å²) in [6.07, 6.45) is 0.746. The Hall–Kier alpha value is -3.00. The fraction of sp³-hybridized carbons (Fsp3) is 0.348. The van der Waals surface area contributed by atoms with Crippen LogP contribution in [0.3, 0.4) is 0 Å². The van der Waals surface area contributed by atoms with E-state index in [1.807, 2.05) is 74.8 Å². The molecule has 2 heterocycles. The summed E-state index contributed by atoms with van der Waals surface area (Å²) in [4.78, 5) is 13.4. The van der Waals surface area contributed by atoms with Crippen LogP contribution in [0.15, 0.2) is 47.6 Å². The van der Waals surface area contributed by atoms with E-state index in [4.69, 9.17) is 4.74 Å². The molecule has 0 saturated heterocycles. The van der Waals surface area contributed by atoms with Crippen molar-refractivity contribution in [1.82, 2.24) is 14.9 Å². The number of hydrogen-bond acceptors (Lipinski definition) is 6. The Balaban J connectivity index is 1.66. The molecule has 8 heteroatoms. The van der Waals surface area contributed by atoms with E-state index in [0.29, 0.717) is 11.8 Å². The number of hydrogen-bond donors (Lipinski definition) is 2. The Bertz CT molecular complexity index is 1080. The number of rotatable bonds is 6. The van der Waals surface area contributed by atoms with E-state index in [9.17, 15) is 4.79 Å². The zero-order valence-corrected chi connectivity index (χ0v) is 19.0. The lowest BCUT2D eigenvalue weighted by Gasteiger charge is -2.33. The first-order chi connectivity index (χ1) is 15.0. The summed E-state index contributed by atoms with van der Waals surface area (Å²) in [7, 11) is 0. The maximum atomic E-state index is 13.4. The van der Waals surface area contributed by atoms with Gasteiger partial charge in [-0.15, -0.1) is 10.2 Å². The molecule has 1 aliphatic heterocycles. The molecule has 2 N–H and O–H groups in total. The maximum Gasteiger partial charge on any atom is 0.240 e. The number of ether oxygens (including phenoxy) is 1. The molecule has 0 radical (unpaired) electrons. The number of aromatic nitrogens is 3. The van der Waals surface area contributed by atoms with Crippen molar-refractivity contribution < 1.29 is 9.53 Å². The highest BCUT2D eigenvalue weighted by molar-refractivity contribution is 8.00. The SMILES string of the molecule is CCOc1ccc(C2Nn3c(CC)nnc3SC2C(=O)Nc2cc(C)ccc2C)cc1. The molecule has 7 nitrogen and oxygen atoms in total. The van der Waals surface area contributed by atoms with Crippen molar-refractivity contribution in [3.05, 3.63) is 65.0 Å². The molecule has 0 aliphatic carbocycles. The highest BCUT2D eigenvalue weighted by atomic mass is 32.2. The fourth-order valence-corrected chi connectivity index (χ4v) is 4.69. The van der Waals surface area contributed by atoms with Gasteiger partial charge in [-0.05, 0) is 55.7 Å². The number of nitrogens with one attached hydrogen (secondary N) is 2. The van der Waals surface area contributed by atoms with Gasteiger partial charge in [-0.2, -0.15) is 0 Å². The second-order valence-electron chi connectivity index (χ2n) is 7.54. The average molecular weight is 438 g/mol. The Morgan fingerprint density at radius 1 is 1.16 bits per heavy atom. The van der Waals surface area contributed by atoms with Gasteiger partial charge in [0, 0.05) is 12.1 Å². The number of benzene rings is 2. The Morgan fingerprint density at radius 2 is 1.94 bits per heavy atom. The molecule has 2 unspecified atom stereocenters. The smallest absolute Gasteiger partial charge is 0.240 e. The number of amides is 1. The quantitative estimate of drug-likeness (QED) is 0.600. The zero-order valence-electron chi connectivity index (χ0n) is 18.2. The first-order valence-corrected chi connectivity index (χ1v) is 11.4. The van der Waals surface area contributed by atoms with Crippen molar-refractivity contribution >= 4 is 23.4 Å². The van der Waals surface area contributed by atoms with Crippen molar-refractivity contribution in [2.75, 3.05) is 17.3 Å². The molecule has 31 heavy (non-hydrogen) atoms. The van der Waals surface area contributed by atoms with Gasteiger partial charge in [0.25, 0.3) is 0 Å². The lowest BCUT2D eigenvalue weighted by atomic mass is 10.0. The van der Waals surface area contributed by atoms with Crippen LogP contribution >= 0.6 is 11.8 Å². The van der Waals surface area contributed by atoms with Gasteiger partial charge in [0.15, 0.2) is 5.82 Å². The third-order valence-corrected chi connectivity index (χ3v) is 6.49. The minimum absolute atomic E-state index is 0.0719. The second-order valence-corrected chi connectivity index (χ2v) is 8.65. The first kappa shape index (κ1) is 21.2. The van der Waals surface area contributed by atoms with E-state index in [1.54, 1.807) is 0 Å². The lowest BCUT2D eigenvalue weighted by molar-refractivity contribution is -0.116.